The van der Waals surface area contributed by atoms with Gasteiger partial charge in [0.25, 0.3) is 5.91 Å². The molecule has 2 N–H and O–H groups in total. The molecule has 0 bridgehead atoms. The average molecular weight is 329 g/mol. The first-order chi connectivity index (χ1) is 8.99. The summed E-state index contributed by atoms with van der Waals surface area (Å²) in [6.45, 7) is 2.37. The number of rotatable bonds is 5. The Balaban J connectivity index is 2.95. The van der Waals surface area contributed by atoms with Crippen LogP contribution in [0.15, 0.2) is 22.7 Å². The summed E-state index contributed by atoms with van der Waals surface area (Å²) in [7, 11) is 1.52. The van der Waals surface area contributed by atoms with E-state index in [9.17, 15) is 14.7 Å². The van der Waals surface area contributed by atoms with E-state index >= 15 is 0 Å². The highest BCUT2D eigenvalue weighted by atomic mass is 79.9. The maximum Gasteiger partial charge on any atom is 0.258 e. The number of hydrogen-bond donors (Lipinski definition) is 2. The highest BCUT2D eigenvalue weighted by molar-refractivity contribution is 9.10. The van der Waals surface area contributed by atoms with Gasteiger partial charge >= 0.3 is 0 Å². The Kier molecular flexibility index (Phi) is 5.82. The van der Waals surface area contributed by atoms with E-state index < -0.39 is 0 Å². The number of nitrogens with zero attached hydrogens (tertiary/aromatic N) is 1. The minimum absolute atomic E-state index is 0.0152. The van der Waals surface area contributed by atoms with Crippen LogP contribution in [0, 0.1) is 0 Å². The summed E-state index contributed by atoms with van der Waals surface area (Å²) in [5.74, 6) is -0.689. The second-order valence-corrected chi connectivity index (χ2v) is 4.98. The SMILES string of the molecule is CCCN(CC(=O)NC)C(=O)c1ccc(Br)cc1O. The summed E-state index contributed by atoms with van der Waals surface area (Å²) >= 11 is 3.22. The van der Waals surface area contributed by atoms with E-state index in [0.29, 0.717) is 11.0 Å². The zero-order chi connectivity index (χ0) is 14.4. The average Bonchev–Trinajstić information content (AvgIpc) is 2.37. The molecule has 0 radical (unpaired) electrons. The van der Waals surface area contributed by atoms with E-state index in [1.807, 2.05) is 6.92 Å². The van der Waals surface area contributed by atoms with Crippen molar-refractivity contribution in [3.63, 3.8) is 0 Å². The standard InChI is InChI=1S/C13H17BrN2O3/c1-3-6-16(8-12(18)15-2)13(19)10-5-4-9(14)7-11(10)17/h4-5,7,17H,3,6,8H2,1-2H3,(H,15,18). The van der Waals surface area contributed by atoms with Crippen molar-refractivity contribution in [2.45, 2.75) is 13.3 Å². The predicted octanol–water partition coefficient (Wildman–Crippen LogP) is 1.75. The number of benzene rings is 1. The molecular formula is C13H17BrN2O3. The van der Waals surface area contributed by atoms with E-state index in [1.165, 1.54) is 24.1 Å². The predicted molar refractivity (Wildman–Crippen MR) is 76.1 cm³/mol. The molecule has 0 aliphatic rings. The number of halogens is 1. The van der Waals surface area contributed by atoms with Crippen LogP contribution in [0.3, 0.4) is 0 Å². The number of carbonyl (C=O) groups is 2. The van der Waals surface area contributed by atoms with Gasteiger partial charge in [-0.1, -0.05) is 22.9 Å². The smallest absolute Gasteiger partial charge is 0.258 e. The van der Waals surface area contributed by atoms with Crippen molar-refractivity contribution in [1.82, 2.24) is 10.2 Å². The van der Waals surface area contributed by atoms with E-state index in [-0.39, 0.29) is 29.7 Å². The number of likely N-dealkylation sites (N-methyl/N-ethyl adjacent to an activating group) is 1. The normalized spacial score (nSPS) is 10.1. The molecule has 0 spiro atoms. The van der Waals surface area contributed by atoms with Gasteiger partial charge in [0.05, 0.1) is 12.1 Å². The third kappa shape index (κ3) is 4.24. The number of hydrogen-bond acceptors (Lipinski definition) is 3. The van der Waals surface area contributed by atoms with Crippen molar-refractivity contribution < 1.29 is 14.7 Å². The summed E-state index contributed by atoms with van der Waals surface area (Å²) in [6.07, 6.45) is 0.736. The van der Waals surface area contributed by atoms with Crippen LogP contribution in [0.25, 0.3) is 0 Å². The Hall–Kier alpha value is -1.56. The Morgan fingerprint density at radius 1 is 1.42 bits per heavy atom. The Labute approximate surface area is 120 Å². The molecule has 1 rings (SSSR count). The van der Waals surface area contributed by atoms with Crippen LogP contribution in [0.5, 0.6) is 5.75 Å². The van der Waals surface area contributed by atoms with Crippen LogP contribution < -0.4 is 5.32 Å². The Morgan fingerprint density at radius 3 is 2.63 bits per heavy atom. The summed E-state index contributed by atoms with van der Waals surface area (Å²) in [4.78, 5) is 25.1. The lowest BCUT2D eigenvalue weighted by molar-refractivity contribution is -0.121. The van der Waals surface area contributed by atoms with Crippen LogP contribution in [0.2, 0.25) is 0 Å². The largest absolute Gasteiger partial charge is 0.507 e. The van der Waals surface area contributed by atoms with Gasteiger partial charge in [0.1, 0.15) is 5.75 Å². The molecule has 0 heterocycles. The minimum Gasteiger partial charge on any atom is -0.507 e. The fourth-order valence-electron chi connectivity index (χ4n) is 1.63. The Morgan fingerprint density at radius 2 is 2.11 bits per heavy atom. The van der Waals surface area contributed by atoms with Gasteiger partial charge in [0, 0.05) is 18.1 Å². The maximum atomic E-state index is 12.3. The summed E-state index contributed by atoms with van der Waals surface area (Å²) in [5.41, 5.74) is 0.195. The highest BCUT2D eigenvalue weighted by Gasteiger charge is 2.20. The molecule has 0 unspecified atom stereocenters. The first kappa shape index (κ1) is 15.5. The first-order valence-corrected chi connectivity index (χ1v) is 6.77. The number of phenols is 1. The zero-order valence-corrected chi connectivity index (χ0v) is 12.5. The molecule has 5 nitrogen and oxygen atoms in total. The lowest BCUT2D eigenvalue weighted by atomic mass is 10.1. The van der Waals surface area contributed by atoms with Gasteiger partial charge in [-0.25, -0.2) is 0 Å². The molecule has 1 aromatic rings. The molecule has 0 aliphatic heterocycles. The lowest BCUT2D eigenvalue weighted by Crippen LogP contribution is -2.40. The summed E-state index contributed by atoms with van der Waals surface area (Å²) < 4.78 is 0.690. The van der Waals surface area contributed by atoms with Crippen LogP contribution in [0.1, 0.15) is 23.7 Å². The monoisotopic (exact) mass is 328 g/mol. The molecule has 6 heteroatoms. The van der Waals surface area contributed by atoms with Gasteiger partial charge < -0.3 is 15.3 Å². The number of aromatic hydroxyl groups is 1. The van der Waals surface area contributed by atoms with Crippen LogP contribution >= 0.6 is 15.9 Å². The maximum absolute atomic E-state index is 12.3. The van der Waals surface area contributed by atoms with E-state index in [1.54, 1.807) is 6.07 Å². The molecule has 19 heavy (non-hydrogen) atoms. The molecule has 0 saturated heterocycles. The lowest BCUT2D eigenvalue weighted by Gasteiger charge is -2.21. The molecule has 0 atom stereocenters. The van der Waals surface area contributed by atoms with Crippen molar-refractivity contribution in [1.29, 1.82) is 0 Å². The quantitative estimate of drug-likeness (QED) is 0.865. The second kappa shape index (κ2) is 7.13. The van der Waals surface area contributed by atoms with E-state index in [4.69, 9.17) is 0 Å². The second-order valence-electron chi connectivity index (χ2n) is 4.06. The number of nitrogens with one attached hydrogen (secondary N) is 1. The van der Waals surface area contributed by atoms with Gasteiger partial charge in [-0.15, -0.1) is 0 Å². The van der Waals surface area contributed by atoms with Gasteiger partial charge in [-0.3, -0.25) is 9.59 Å². The Bertz CT molecular complexity index is 477. The number of phenolic OH excluding ortho intramolecular Hbond substituents is 1. The third-order valence-electron chi connectivity index (χ3n) is 2.58. The van der Waals surface area contributed by atoms with Crippen LogP contribution in [0.4, 0.5) is 0 Å². The van der Waals surface area contributed by atoms with Gasteiger partial charge in [0.15, 0.2) is 0 Å². The van der Waals surface area contributed by atoms with Crippen molar-refractivity contribution in [3.05, 3.63) is 28.2 Å². The fraction of sp³-hybridized carbons (Fsp3) is 0.385. The number of carbonyl (C=O) groups excluding carboxylic acids is 2. The molecule has 1 aromatic carbocycles. The molecule has 0 aromatic heterocycles. The summed E-state index contributed by atoms with van der Waals surface area (Å²) in [5, 5.41) is 12.3. The van der Waals surface area contributed by atoms with Crippen LogP contribution in [-0.4, -0.2) is 42.0 Å². The summed E-state index contributed by atoms with van der Waals surface area (Å²) in [6, 6.07) is 4.67. The third-order valence-corrected chi connectivity index (χ3v) is 3.08. The van der Waals surface area contributed by atoms with Gasteiger partial charge in [-0.05, 0) is 24.6 Å². The molecular weight excluding hydrogens is 312 g/mol. The highest BCUT2D eigenvalue weighted by Crippen LogP contribution is 2.23. The molecule has 0 saturated carbocycles. The molecule has 0 aliphatic carbocycles. The molecule has 0 fully saturated rings. The van der Waals surface area contributed by atoms with Crippen molar-refractivity contribution >= 4 is 27.7 Å². The van der Waals surface area contributed by atoms with E-state index in [0.717, 1.165) is 6.42 Å². The van der Waals surface area contributed by atoms with Crippen molar-refractivity contribution in [2.24, 2.45) is 0 Å². The van der Waals surface area contributed by atoms with Crippen molar-refractivity contribution in [2.75, 3.05) is 20.1 Å². The van der Waals surface area contributed by atoms with Gasteiger partial charge in [-0.2, -0.15) is 0 Å². The van der Waals surface area contributed by atoms with Gasteiger partial charge in [0.2, 0.25) is 5.91 Å². The number of amides is 2. The molecule has 2 amide bonds. The fourth-order valence-corrected chi connectivity index (χ4v) is 1.98. The minimum atomic E-state index is -0.351. The van der Waals surface area contributed by atoms with E-state index in [2.05, 4.69) is 21.2 Å². The van der Waals surface area contributed by atoms with Crippen molar-refractivity contribution in [3.8, 4) is 5.75 Å². The molecule has 104 valence electrons. The van der Waals surface area contributed by atoms with Crippen LogP contribution in [-0.2, 0) is 4.79 Å². The first-order valence-electron chi connectivity index (χ1n) is 5.98. The zero-order valence-electron chi connectivity index (χ0n) is 10.9. The topological polar surface area (TPSA) is 69.6 Å².